The molecule has 0 bridgehead atoms. The van der Waals surface area contributed by atoms with Gasteiger partial charge in [-0.3, -0.25) is 4.79 Å². The number of rotatable bonds is 7. The van der Waals surface area contributed by atoms with Crippen LogP contribution in [0, 0.1) is 0 Å². The van der Waals surface area contributed by atoms with Gasteiger partial charge >= 0.3 is 5.97 Å². The van der Waals surface area contributed by atoms with E-state index in [4.69, 9.17) is 4.74 Å². The van der Waals surface area contributed by atoms with Crippen LogP contribution in [0.3, 0.4) is 0 Å². The Bertz CT molecular complexity index is 219. The normalized spacial score (nSPS) is 15.2. The van der Waals surface area contributed by atoms with Crippen LogP contribution in [0.4, 0.5) is 0 Å². The van der Waals surface area contributed by atoms with Gasteiger partial charge in [0, 0.05) is 12.6 Å². The number of carbonyl (C=O) groups excluding carboxylic acids is 1. The Labute approximate surface area is 99.3 Å². The average molecular weight is 230 g/mol. The Morgan fingerprint density at radius 2 is 2.00 bits per heavy atom. The maximum atomic E-state index is 11.9. The fourth-order valence-electron chi connectivity index (χ4n) is 1.55. The molecule has 0 aliphatic carbocycles. The maximum absolute atomic E-state index is 11.9. The van der Waals surface area contributed by atoms with E-state index >= 15 is 0 Å². The first-order chi connectivity index (χ1) is 7.37. The van der Waals surface area contributed by atoms with Crippen molar-refractivity contribution in [3.05, 3.63) is 0 Å². The van der Waals surface area contributed by atoms with Crippen LogP contribution in [0.5, 0.6) is 0 Å². The van der Waals surface area contributed by atoms with Gasteiger partial charge < -0.3 is 15.0 Å². The smallest absolute Gasteiger partial charge is 0.327 e. The summed E-state index contributed by atoms with van der Waals surface area (Å²) in [5.74, 6) is -0.177. The fraction of sp³-hybridized carbons (Fsp3) is 0.917. The van der Waals surface area contributed by atoms with Crippen molar-refractivity contribution in [2.24, 2.45) is 0 Å². The quantitative estimate of drug-likeness (QED) is 0.669. The summed E-state index contributed by atoms with van der Waals surface area (Å²) in [6.07, 6.45) is 0. The Balaban J connectivity index is 4.61. The van der Waals surface area contributed by atoms with Gasteiger partial charge in [0.1, 0.15) is 5.54 Å². The SMILES string of the molecule is CCNC(C)(CN(C)C(C)C)C(=O)OCC. The molecule has 4 heteroatoms. The summed E-state index contributed by atoms with van der Waals surface area (Å²) in [7, 11) is 2.01. The fourth-order valence-corrected chi connectivity index (χ4v) is 1.55. The van der Waals surface area contributed by atoms with Crippen LogP contribution >= 0.6 is 0 Å². The second kappa shape index (κ2) is 6.86. The largest absolute Gasteiger partial charge is 0.465 e. The molecule has 1 N–H and O–H groups in total. The van der Waals surface area contributed by atoms with E-state index in [0.29, 0.717) is 19.2 Å². The second-order valence-electron chi connectivity index (χ2n) is 4.59. The van der Waals surface area contributed by atoms with Gasteiger partial charge in [0.05, 0.1) is 6.61 Å². The monoisotopic (exact) mass is 230 g/mol. The number of esters is 1. The van der Waals surface area contributed by atoms with Crippen molar-refractivity contribution in [2.75, 3.05) is 26.7 Å². The third kappa shape index (κ3) is 4.49. The molecule has 0 radical (unpaired) electrons. The van der Waals surface area contributed by atoms with Crippen LogP contribution in [0.1, 0.15) is 34.6 Å². The Hall–Kier alpha value is -0.610. The number of hydrogen-bond acceptors (Lipinski definition) is 4. The molecular weight excluding hydrogens is 204 g/mol. The standard InChI is InChI=1S/C12H26N2O2/c1-7-13-12(5,11(15)16-8-2)9-14(6)10(3)4/h10,13H,7-9H2,1-6H3. The van der Waals surface area contributed by atoms with Crippen molar-refractivity contribution in [3.63, 3.8) is 0 Å². The van der Waals surface area contributed by atoms with Gasteiger partial charge in [-0.15, -0.1) is 0 Å². The van der Waals surface area contributed by atoms with Crippen molar-refractivity contribution in [2.45, 2.75) is 46.2 Å². The molecule has 0 heterocycles. The summed E-state index contributed by atoms with van der Waals surface area (Å²) in [6.45, 7) is 11.8. The van der Waals surface area contributed by atoms with Crippen LogP contribution in [0.2, 0.25) is 0 Å². The lowest BCUT2D eigenvalue weighted by atomic mass is 10.0. The third-order valence-electron chi connectivity index (χ3n) is 2.74. The molecule has 0 aromatic heterocycles. The van der Waals surface area contributed by atoms with Gasteiger partial charge in [-0.05, 0) is 41.3 Å². The molecule has 0 spiro atoms. The van der Waals surface area contributed by atoms with Gasteiger partial charge in [0.15, 0.2) is 0 Å². The van der Waals surface area contributed by atoms with E-state index in [9.17, 15) is 4.79 Å². The van der Waals surface area contributed by atoms with E-state index in [1.54, 1.807) is 0 Å². The molecule has 16 heavy (non-hydrogen) atoms. The summed E-state index contributed by atoms with van der Waals surface area (Å²) < 4.78 is 5.11. The van der Waals surface area contributed by atoms with E-state index < -0.39 is 5.54 Å². The Morgan fingerprint density at radius 3 is 2.38 bits per heavy atom. The Morgan fingerprint density at radius 1 is 1.44 bits per heavy atom. The van der Waals surface area contributed by atoms with Crippen LogP contribution < -0.4 is 5.32 Å². The number of likely N-dealkylation sites (N-methyl/N-ethyl adjacent to an activating group) is 2. The highest BCUT2D eigenvalue weighted by Crippen LogP contribution is 2.10. The van der Waals surface area contributed by atoms with Crippen molar-refractivity contribution < 1.29 is 9.53 Å². The first-order valence-corrected chi connectivity index (χ1v) is 5.99. The van der Waals surface area contributed by atoms with E-state index in [1.165, 1.54) is 0 Å². The van der Waals surface area contributed by atoms with Crippen LogP contribution in [-0.2, 0) is 9.53 Å². The molecule has 1 atom stereocenters. The molecule has 0 aromatic rings. The van der Waals surface area contributed by atoms with Gasteiger partial charge in [-0.25, -0.2) is 0 Å². The van der Waals surface area contributed by atoms with Gasteiger partial charge in [-0.1, -0.05) is 6.92 Å². The summed E-state index contributed by atoms with van der Waals surface area (Å²) in [5.41, 5.74) is -0.621. The molecule has 0 saturated carbocycles. The first-order valence-electron chi connectivity index (χ1n) is 5.99. The molecule has 0 saturated heterocycles. The molecule has 0 fully saturated rings. The first kappa shape index (κ1) is 15.4. The van der Waals surface area contributed by atoms with E-state index in [1.807, 2.05) is 27.8 Å². The third-order valence-corrected chi connectivity index (χ3v) is 2.74. The highest BCUT2D eigenvalue weighted by molar-refractivity contribution is 5.80. The zero-order valence-electron chi connectivity index (χ0n) is 11.5. The van der Waals surface area contributed by atoms with Crippen molar-refractivity contribution in [1.29, 1.82) is 0 Å². The lowest BCUT2D eigenvalue weighted by molar-refractivity contribution is -0.151. The molecule has 96 valence electrons. The minimum absolute atomic E-state index is 0.177. The van der Waals surface area contributed by atoms with E-state index in [-0.39, 0.29) is 5.97 Å². The highest BCUT2D eigenvalue weighted by Gasteiger charge is 2.35. The topological polar surface area (TPSA) is 41.6 Å². The Kier molecular flexibility index (Phi) is 6.60. The number of carbonyl (C=O) groups is 1. The van der Waals surface area contributed by atoms with E-state index in [0.717, 1.165) is 6.54 Å². The van der Waals surface area contributed by atoms with Gasteiger partial charge in [0.25, 0.3) is 0 Å². The predicted octanol–water partition coefficient (Wildman–Crippen LogP) is 1.26. The molecule has 4 nitrogen and oxygen atoms in total. The summed E-state index contributed by atoms with van der Waals surface area (Å²) in [4.78, 5) is 14.0. The predicted molar refractivity (Wildman–Crippen MR) is 66.5 cm³/mol. The molecule has 0 aliphatic heterocycles. The second-order valence-corrected chi connectivity index (χ2v) is 4.59. The van der Waals surface area contributed by atoms with Gasteiger partial charge in [0.2, 0.25) is 0 Å². The minimum atomic E-state index is -0.621. The lowest BCUT2D eigenvalue weighted by Gasteiger charge is -2.34. The van der Waals surface area contributed by atoms with Crippen LogP contribution in [0.15, 0.2) is 0 Å². The van der Waals surface area contributed by atoms with E-state index in [2.05, 4.69) is 24.1 Å². The minimum Gasteiger partial charge on any atom is -0.465 e. The lowest BCUT2D eigenvalue weighted by Crippen LogP contribution is -2.57. The average Bonchev–Trinajstić information content (AvgIpc) is 2.18. The molecule has 0 amide bonds. The highest BCUT2D eigenvalue weighted by atomic mass is 16.5. The van der Waals surface area contributed by atoms with Crippen LogP contribution in [0.25, 0.3) is 0 Å². The molecule has 0 aromatic carbocycles. The molecule has 0 aliphatic rings. The summed E-state index contributed by atoms with van der Waals surface area (Å²) >= 11 is 0. The number of nitrogens with zero attached hydrogens (tertiary/aromatic N) is 1. The zero-order valence-corrected chi connectivity index (χ0v) is 11.5. The number of ether oxygens (including phenoxy) is 1. The molecule has 0 rings (SSSR count). The van der Waals surface area contributed by atoms with Crippen molar-refractivity contribution in [3.8, 4) is 0 Å². The number of nitrogens with one attached hydrogen (secondary N) is 1. The zero-order chi connectivity index (χ0) is 12.8. The molecular formula is C12H26N2O2. The van der Waals surface area contributed by atoms with Crippen molar-refractivity contribution >= 4 is 5.97 Å². The molecule has 1 unspecified atom stereocenters. The maximum Gasteiger partial charge on any atom is 0.327 e. The summed E-state index contributed by atoms with van der Waals surface area (Å²) in [5, 5.41) is 3.21. The van der Waals surface area contributed by atoms with Gasteiger partial charge in [-0.2, -0.15) is 0 Å². The van der Waals surface area contributed by atoms with Crippen LogP contribution in [-0.4, -0.2) is 49.2 Å². The number of hydrogen-bond donors (Lipinski definition) is 1. The van der Waals surface area contributed by atoms with Crippen molar-refractivity contribution in [1.82, 2.24) is 10.2 Å². The summed E-state index contributed by atoms with van der Waals surface area (Å²) in [6, 6.07) is 0.410.